The van der Waals surface area contributed by atoms with Crippen LogP contribution in [-0.4, -0.2) is 27.6 Å². The summed E-state index contributed by atoms with van der Waals surface area (Å²) < 4.78 is 13.0. The van der Waals surface area contributed by atoms with Crippen molar-refractivity contribution in [2.24, 2.45) is 7.05 Å². The zero-order chi connectivity index (χ0) is 19.4. The fourth-order valence-electron chi connectivity index (χ4n) is 2.64. The topological polar surface area (TPSA) is 60.5 Å². The Labute approximate surface area is 163 Å². The standard InChI is InChI=1S/C20H22ClN3O3/c1-4-14-5-7-15(8-6-14)26-13-16-9-10-19(27-16)20(25)23(2)12-18-17(21)11-22-24(18)3/h5-11H,4,12-13H2,1-3H3. The first-order chi connectivity index (χ1) is 13.0. The SMILES string of the molecule is CCc1ccc(OCc2ccc(C(=O)N(C)Cc3c(Cl)cnn3C)o2)cc1. The maximum absolute atomic E-state index is 12.6. The first-order valence-electron chi connectivity index (χ1n) is 8.70. The minimum absolute atomic E-state index is 0.231. The second kappa shape index (κ2) is 8.31. The third-order valence-corrected chi connectivity index (χ3v) is 4.65. The molecule has 0 aliphatic heterocycles. The maximum atomic E-state index is 12.6. The van der Waals surface area contributed by atoms with Crippen LogP contribution in [0.1, 0.15) is 34.5 Å². The molecule has 3 rings (SSSR count). The van der Waals surface area contributed by atoms with Gasteiger partial charge in [-0.05, 0) is 36.2 Å². The molecule has 2 aromatic heterocycles. The summed E-state index contributed by atoms with van der Waals surface area (Å²) in [5.41, 5.74) is 2.02. The second-order valence-electron chi connectivity index (χ2n) is 6.28. The number of benzene rings is 1. The lowest BCUT2D eigenvalue weighted by Crippen LogP contribution is -2.27. The molecule has 1 amide bonds. The molecule has 0 atom stereocenters. The molecule has 0 bridgehead atoms. The van der Waals surface area contributed by atoms with E-state index in [1.807, 2.05) is 24.3 Å². The van der Waals surface area contributed by atoms with E-state index in [4.69, 9.17) is 20.8 Å². The normalized spacial score (nSPS) is 10.8. The summed E-state index contributed by atoms with van der Waals surface area (Å²) in [4.78, 5) is 14.1. The Morgan fingerprint density at radius 1 is 1.26 bits per heavy atom. The predicted molar refractivity (Wildman–Crippen MR) is 103 cm³/mol. The fourth-order valence-corrected chi connectivity index (χ4v) is 2.87. The fraction of sp³-hybridized carbons (Fsp3) is 0.300. The summed E-state index contributed by atoms with van der Waals surface area (Å²) in [5.74, 6) is 1.38. The van der Waals surface area contributed by atoms with Crippen LogP contribution in [0, 0.1) is 0 Å². The lowest BCUT2D eigenvalue weighted by atomic mass is 10.2. The third-order valence-electron chi connectivity index (χ3n) is 4.33. The van der Waals surface area contributed by atoms with Gasteiger partial charge < -0.3 is 14.1 Å². The van der Waals surface area contributed by atoms with Crippen molar-refractivity contribution in [1.29, 1.82) is 0 Å². The Hall–Kier alpha value is -2.73. The van der Waals surface area contributed by atoms with Crippen molar-refractivity contribution >= 4 is 17.5 Å². The van der Waals surface area contributed by atoms with Gasteiger partial charge in [0, 0.05) is 14.1 Å². The number of carbonyl (C=O) groups is 1. The molecular weight excluding hydrogens is 366 g/mol. The summed E-state index contributed by atoms with van der Waals surface area (Å²) >= 11 is 6.10. The highest BCUT2D eigenvalue weighted by atomic mass is 35.5. The lowest BCUT2D eigenvalue weighted by molar-refractivity contribution is 0.0746. The lowest BCUT2D eigenvalue weighted by Gasteiger charge is -2.16. The van der Waals surface area contributed by atoms with Crippen LogP contribution in [0.25, 0.3) is 0 Å². The van der Waals surface area contributed by atoms with Crippen LogP contribution in [0.15, 0.2) is 47.0 Å². The number of aryl methyl sites for hydroxylation is 2. The molecule has 6 nitrogen and oxygen atoms in total. The highest BCUT2D eigenvalue weighted by molar-refractivity contribution is 6.31. The van der Waals surface area contributed by atoms with Gasteiger partial charge in [0.05, 0.1) is 23.5 Å². The smallest absolute Gasteiger partial charge is 0.289 e. The van der Waals surface area contributed by atoms with Crippen LogP contribution in [0.5, 0.6) is 5.75 Å². The number of hydrogen-bond acceptors (Lipinski definition) is 4. The van der Waals surface area contributed by atoms with Gasteiger partial charge in [-0.25, -0.2) is 0 Å². The number of nitrogens with zero attached hydrogens (tertiary/aromatic N) is 3. The molecule has 0 unspecified atom stereocenters. The number of furan rings is 1. The van der Waals surface area contributed by atoms with Crippen LogP contribution in [-0.2, 0) is 26.6 Å². The van der Waals surface area contributed by atoms with E-state index in [9.17, 15) is 4.79 Å². The van der Waals surface area contributed by atoms with Crippen LogP contribution >= 0.6 is 11.6 Å². The van der Waals surface area contributed by atoms with Crippen molar-refractivity contribution in [2.45, 2.75) is 26.5 Å². The number of carbonyl (C=O) groups excluding carboxylic acids is 1. The molecule has 1 aromatic carbocycles. The van der Waals surface area contributed by atoms with E-state index in [1.54, 1.807) is 37.1 Å². The molecular formula is C20H22ClN3O3. The van der Waals surface area contributed by atoms with E-state index in [0.29, 0.717) is 17.3 Å². The molecule has 0 saturated carbocycles. The summed E-state index contributed by atoms with van der Waals surface area (Å²) in [6.45, 7) is 2.71. The number of amides is 1. The molecule has 0 radical (unpaired) electrons. The van der Waals surface area contributed by atoms with E-state index in [-0.39, 0.29) is 18.3 Å². The van der Waals surface area contributed by atoms with Gasteiger partial charge in [-0.3, -0.25) is 9.48 Å². The summed E-state index contributed by atoms with van der Waals surface area (Å²) in [5, 5.41) is 4.60. The van der Waals surface area contributed by atoms with E-state index in [0.717, 1.165) is 17.9 Å². The van der Waals surface area contributed by atoms with Gasteiger partial charge in [0.2, 0.25) is 0 Å². The molecule has 0 aliphatic rings. The van der Waals surface area contributed by atoms with Crippen LogP contribution < -0.4 is 4.74 Å². The Bertz CT molecular complexity index is 895. The van der Waals surface area contributed by atoms with Crippen LogP contribution in [0.4, 0.5) is 0 Å². The van der Waals surface area contributed by atoms with Gasteiger partial charge in [0.25, 0.3) is 5.91 Å². The molecule has 3 aromatic rings. The van der Waals surface area contributed by atoms with Gasteiger partial charge in [0.1, 0.15) is 18.1 Å². The molecule has 0 aliphatic carbocycles. The number of hydrogen-bond donors (Lipinski definition) is 0. The Morgan fingerprint density at radius 2 is 2.00 bits per heavy atom. The van der Waals surface area contributed by atoms with Crippen molar-refractivity contribution in [1.82, 2.24) is 14.7 Å². The minimum atomic E-state index is -0.231. The average Bonchev–Trinajstić information content (AvgIpc) is 3.28. The molecule has 0 spiro atoms. The summed E-state index contributed by atoms with van der Waals surface area (Å²) in [6, 6.07) is 11.3. The van der Waals surface area contributed by atoms with Crippen molar-refractivity contribution in [2.75, 3.05) is 7.05 Å². The maximum Gasteiger partial charge on any atom is 0.289 e. The Balaban J connectivity index is 1.59. The Morgan fingerprint density at radius 3 is 2.63 bits per heavy atom. The van der Waals surface area contributed by atoms with Crippen molar-refractivity contribution in [3.05, 3.63) is 70.4 Å². The highest BCUT2D eigenvalue weighted by Crippen LogP contribution is 2.19. The summed E-state index contributed by atoms with van der Waals surface area (Å²) in [6.07, 6.45) is 2.55. The number of ether oxygens (including phenoxy) is 1. The van der Waals surface area contributed by atoms with Gasteiger partial charge in [-0.15, -0.1) is 0 Å². The number of rotatable bonds is 7. The predicted octanol–water partition coefficient (Wildman–Crippen LogP) is 4.08. The monoisotopic (exact) mass is 387 g/mol. The van der Waals surface area contributed by atoms with E-state index in [1.165, 1.54) is 10.5 Å². The van der Waals surface area contributed by atoms with E-state index >= 15 is 0 Å². The average molecular weight is 388 g/mol. The first-order valence-corrected chi connectivity index (χ1v) is 9.08. The number of halogens is 1. The largest absolute Gasteiger partial charge is 0.486 e. The molecule has 142 valence electrons. The third kappa shape index (κ3) is 4.52. The van der Waals surface area contributed by atoms with E-state index < -0.39 is 0 Å². The molecule has 27 heavy (non-hydrogen) atoms. The van der Waals surface area contributed by atoms with Gasteiger partial charge >= 0.3 is 0 Å². The van der Waals surface area contributed by atoms with Crippen molar-refractivity contribution < 1.29 is 13.9 Å². The zero-order valence-corrected chi connectivity index (χ0v) is 16.4. The molecule has 0 saturated heterocycles. The van der Waals surface area contributed by atoms with E-state index in [2.05, 4.69) is 12.0 Å². The molecule has 2 heterocycles. The van der Waals surface area contributed by atoms with Crippen molar-refractivity contribution in [3.8, 4) is 5.75 Å². The molecule has 7 heteroatoms. The van der Waals surface area contributed by atoms with Gasteiger partial charge in [-0.1, -0.05) is 30.7 Å². The Kier molecular flexibility index (Phi) is 5.86. The first kappa shape index (κ1) is 19.0. The van der Waals surface area contributed by atoms with Crippen LogP contribution in [0.2, 0.25) is 5.02 Å². The van der Waals surface area contributed by atoms with Gasteiger partial charge in [0.15, 0.2) is 5.76 Å². The molecule has 0 fully saturated rings. The quantitative estimate of drug-likeness (QED) is 0.612. The second-order valence-corrected chi connectivity index (χ2v) is 6.68. The highest BCUT2D eigenvalue weighted by Gasteiger charge is 2.19. The number of aromatic nitrogens is 2. The molecule has 0 N–H and O–H groups in total. The minimum Gasteiger partial charge on any atom is -0.486 e. The van der Waals surface area contributed by atoms with Crippen LogP contribution in [0.3, 0.4) is 0 Å². The summed E-state index contributed by atoms with van der Waals surface area (Å²) in [7, 11) is 3.48. The van der Waals surface area contributed by atoms with Gasteiger partial charge in [-0.2, -0.15) is 5.10 Å². The van der Waals surface area contributed by atoms with Crippen molar-refractivity contribution in [3.63, 3.8) is 0 Å². The zero-order valence-electron chi connectivity index (χ0n) is 15.6.